The normalized spacial score (nSPS) is 14.5. The maximum Gasteiger partial charge on any atom is 0.255 e. The Morgan fingerprint density at radius 3 is 2.48 bits per heavy atom. The van der Waals surface area contributed by atoms with Crippen LogP contribution in [0.3, 0.4) is 0 Å². The maximum atomic E-state index is 13.1. The molecule has 0 saturated carbocycles. The first-order valence-corrected chi connectivity index (χ1v) is 11.7. The van der Waals surface area contributed by atoms with Crippen LogP contribution in [0.4, 0.5) is 0 Å². The van der Waals surface area contributed by atoms with E-state index < -0.39 is 21.8 Å². The molecule has 0 unspecified atom stereocenters. The molecule has 1 aliphatic rings. The van der Waals surface area contributed by atoms with Crippen LogP contribution in [0.2, 0.25) is 0 Å². The first-order valence-electron chi connectivity index (χ1n) is 10.3. The summed E-state index contributed by atoms with van der Waals surface area (Å²) in [5.74, 6) is -0.788. The first kappa shape index (κ1) is 24.5. The number of rotatable bonds is 9. The Kier molecular flexibility index (Phi) is 7.90. The number of carbonyl (C=O) groups excluding carboxylic acids is 2. The zero-order chi connectivity index (χ0) is 24.0. The lowest BCUT2D eigenvalue weighted by molar-refractivity contribution is 0.0730. The molecule has 1 aliphatic heterocycles. The van der Waals surface area contributed by atoms with Gasteiger partial charge in [-0.2, -0.15) is 4.31 Å². The van der Waals surface area contributed by atoms with Crippen molar-refractivity contribution in [3.05, 3.63) is 53.1 Å². The van der Waals surface area contributed by atoms with E-state index in [1.165, 1.54) is 30.7 Å². The van der Waals surface area contributed by atoms with Gasteiger partial charge in [-0.1, -0.05) is 12.1 Å². The molecule has 2 aromatic carbocycles. The van der Waals surface area contributed by atoms with Crippen molar-refractivity contribution in [2.45, 2.75) is 11.3 Å². The van der Waals surface area contributed by atoms with Crippen LogP contribution in [0.15, 0.2) is 41.3 Å². The van der Waals surface area contributed by atoms with Gasteiger partial charge in [0.25, 0.3) is 5.91 Å². The maximum absolute atomic E-state index is 13.1. The van der Waals surface area contributed by atoms with Crippen molar-refractivity contribution in [2.75, 3.05) is 47.1 Å². The number of methoxy groups -OCH3 is 2. The second-order valence-corrected chi connectivity index (χ2v) is 9.23. The van der Waals surface area contributed by atoms with Crippen LogP contribution in [0.25, 0.3) is 0 Å². The summed E-state index contributed by atoms with van der Waals surface area (Å²) in [7, 11) is -1.11. The number of primary amides is 1. The molecule has 0 radical (unpaired) electrons. The molecule has 2 amide bonds. The molecule has 0 aliphatic carbocycles. The predicted octanol–water partition coefficient (Wildman–Crippen LogP) is 0.796. The van der Waals surface area contributed by atoms with Crippen LogP contribution in [-0.2, 0) is 21.2 Å². The van der Waals surface area contributed by atoms with Gasteiger partial charge < -0.3 is 25.3 Å². The summed E-state index contributed by atoms with van der Waals surface area (Å²) in [5.41, 5.74) is 6.54. The first-order chi connectivity index (χ1) is 15.8. The van der Waals surface area contributed by atoms with E-state index in [-0.39, 0.29) is 41.6 Å². The van der Waals surface area contributed by atoms with E-state index in [4.69, 9.17) is 19.9 Å². The third-order valence-electron chi connectivity index (χ3n) is 5.22. The molecule has 0 aromatic heterocycles. The molecule has 3 N–H and O–H groups in total. The number of hydrogen-bond donors (Lipinski definition) is 2. The van der Waals surface area contributed by atoms with Gasteiger partial charge in [-0.15, -0.1) is 0 Å². The molecule has 11 heteroatoms. The molecule has 178 valence electrons. The number of nitrogens with two attached hydrogens (primary N) is 1. The number of benzene rings is 2. The number of nitrogens with zero attached hydrogens (tertiary/aromatic N) is 1. The molecule has 1 saturated heterocycles. The van der Waals surface area contributed by atoms with Crippen molar-refractivity contribution < 1.29 is 32.2 Å². The third kappa shape index (κ3) is 5.62. The highest BCUT2D eigenvalue weighted by atomic mass is 32.2. The molecule has 0 atom stereocenters. The number of sulfonamides is 1. The lowest BCUT2D eigenvalue weighted by Crippen LogP contribution is -2.40. The van der Waals surface area contributed by atoms with Gasteiger partial charge in [-0.05, 0) is 30.2 Å². The molecule has 1 fully saturated rings. The van der Waals surface area contributed by atoms with Gasteiger partial charge in [0.2, 0.25) is 15.9 Å². The molecular formula is C22H27N3O7S. The predicted molar refractivity (Wildman–Crippen MR) is 120 cm³/mol. The van der Waals surface area contributed by atoms with Crippen LogP contribution < -0.4 is 20.5 Å². The van der Waals surface area contributed by atoms with E-state index in [0.717, 1.165) is 5.56 Å². The molecule has 0 bridgehead atoms. The molecular weight excluding hydrogens is 450 g/mol. The number of ether oxygens (including phenoxy) is 3. The number of carbonyl (C=O) groups is 2. The summed E-state index contributed by atoms with van der Waals surface area (Å²) in [4.78, 5) is 24.2. The van der Waals surface area contributed by atoms with Gasteiger partial charge in [0.05, 0.1) is 37.9 Å². The molecule has 2 aromatic rings. The van der Waals surface area contributed by atoms with Crippen molar-refractivity contribution >= 4 is 21.8 Å². The van der Waals surface area contributed by atoms with Crippen LogP contribution in [-0.4, -0.2) is 71.6 Å². The number of morpholine rings is 1. The lowest BCUT2D eigenvalue weighted by Gasteiger charge is -2.26. The molecule has 3 rings (SSSR count). The fraction of sp³-hybridized carbons (Fsp3) is 0.364. The van der Waals surface area contributed by atoms with E-state index in [0.29, 0.717) is 25.2 Å². The van der Waals surface area contributed by atoms with E-state index in [2.05, 4.69) is 5.32 Å². The summed E-state index contributed by atoms with van der Waals surface area (Å²) in [6.07, 6.45) is 0.443. The van der Waals surface area contributed by atoms with Gasteiger partial charge in [-0.3, -0.25) is 9.59 Å². The number of amides is 2. The topological polar surface area (TPSA) is 137 Å². The highest BCUT2D eigenvalue weighted by Crippen LogP contribution is 2.35. The smallest absolute Gasteiger partial charge is 0.255 e. The molecule has 10 nitrogen and oxygen atoms in total. The Morgan fingerprint density at radius 1 is 1.12 bits per heavy atom. The van der Waals surface area contributed by atoms with E-state index in [1.54, 1.807) is 18.2 Å². The highest BCUT2D eigenvalue weighted by Gasteiger charge is 2.30. The zero-order valence-electron chi connectivity index (χ0n) is 18.5. The van der Waals surface area contributed by atoms with Crippen LogP contribution in [0, 0.1) is 0 Å². The monoisotopic (exact) mass is 477 g/mol. The largest absolute Gasteiger partial charge is 0.493 e. The molecule has 33 heavy (non-hydrogen) atoms. The fourth-order valence-electron chi connectivity index (χ4n) is 3.49. The van der Waals surface area contributed by atoms with Crippen molar-refractivity contribution in [2.24, 2.45) is 5.73 Å². The summed E-state index contributed by atoms with van der Waals surface area (Å²) in [6, 6.07) is 9.43. The van der Waals surface area contributed by atoms with Crippen molar-refractivity contribution in [1.82, 2.24) is 9.62 Å². The standard InChI is InChI=1S/C22H27N3O7S/c1-30-19-14-17(33(28,29)25-8-10-32-11-9-25)13-18(20(19)31-2)22(27)24-7-6-15-4-3-5-16(12-15)21(23)26/h3-5,12-14H,6-11H2,1-2H3,(H2,23,26)(H,24,27). The second kappa shape index (κ2) is 10.6. The SMILES string of the molecule is COc1cc(S(=O)(=O)N2CCOCC2)cc(C(=O)NCCc2cccc(C(N)=O)c2)c1OC. The highest BCUT2D eigenvalue weighted by molar-refractivity contribution is 7.89. The zero-order valence-corrected chi connectivity index (χ0v) is 19.3. The Balaban J connectivity index is 1.83. The van der Waals surface area contributed by atoms with Crippen molar-refractivity contribution in [3.8, 4) is 11.5 Å². The van der Waals surface area contributed by atoms with E-state index in [1.807, 2.05) is 6.07 Å². The van der Waals surface area contributed by atoms with Gasteiger partial charge in [-0.25, -0.2) is 8.42 Å². The Labute approximate surface area is 192 Å². The summed E-state index contributed by atoms with van der Waals surface area (Å²) >= 11 is 0. The number of hydrogen-bond acceptors (Lipinski definition) is 7. The van der Waals surface area contributed by atoms with Gasteiger partial charge in [0, 0.05) is 31.3 Å². The molecule has 1 heterocycles. The van der Waals surface area contributed by atoms with Crippen LogP contribution in [0.5, 0.6) is 11.5 Å². The Bertz CT molecular complexity index is 1130. The van der Waals surface area contributed by atoms with Crippen LogP contribution >= 0.6 is 0 Å². The quantitative estimate of drug-likeness (QED) is 0.545. The van der Waals surface area contributed by atoms with Crippen molar-refractivity contribution in [3.63, 3.8) is 0 Å². The minimum atomic E-state index is -3.86. The summed E-state index contributed by atoms with van der Waals surface area (Å²) < 4.78 is 43.4. The lowest BCUT2D eigenvalue weighted by atomic mass is 10.1. The fourth-order valence-corrected chi connectivity index (χ4v) is 4.94. The number of nitrogens with one attached hydrogen (secondary N) is 1. The van der Waals surface area contributed by atoms with Crippen LogP contribution in [0.1, 0.15) is 26.3 Å². The third-order valence-corrected chi connectivity index (χ3v) is 7.09. The Morgan fingerprint density at radius 2 is 1.85 bits per heavy atom. The Hall–Kier alpha value is -3.15. The van der Waals surface area contributed by atoms with Gasteiger partial charge in [0.1, 0.15) is 0 Å². The summed E-state index contributed by atoms with van der Waals surface area (Å²) in [5, 5.41) is 2.76. The van der Waals surface area contributed by atoms with E-state index in [9.17, 15) is 18.0 Å². The van der Waals surface area contributed by atoms with Gasteiger partial charge >= 0.3 is 0 Å². The summed E-state index contributed by atoms with van der Waals surface area (Å²) in [6.45, 7) is 1.30. The average Bonchev–Trinajstić information content (AvgIpc) is 2.83. The van der Waals surface area contributed by atoms with Crippen molar-refractivity contribution in [1.29, 1.82) is 0 Å². The average molecular weight is 478 g/mol. The van der Waals surface area contributed by atoms with Gasteiger partial charge in [0.15, 0.2) is 11.5 Å². The molecule has 0 spiro atoms. The second-order valence-electron chi connectivity index (χ2n) is 7.29. The minimum Gasteiger partial charge on any atom is -0.493 e. The minimum absolute atomic E-state index is 0.0366. The van der Waals surface area contributed by atoms with E-state index >= 15 is 0 Å².